The Morgan fingerprint density at radius 1 is 1.50 bits per heavy atom. The fraction of sp³-hybridized carbons (Fsp3) is 0.700. The van der Waals surface area contributed by atoms with Crippen LogP contribution in [0.25, 0.3) is 0 Å². The quantitative estimate of drug-likeness (QED) is 0.734. The summed E-state index contributed by atoms with van der Waals surface area (Å²) >= 11 is 0. The molecule has 1 aromatic heterocycles. The molecule has 2 heterocycles. The molecule has 1 aromatic rings. The number of nitrogens with two attached hydrogens (primary N) is 1. The van der Waals surface area contributed by atoms with Gasteiger partial charge in [-0.2, -0.15) is 9.40 Å². The van der Waals surface area contributed by atoms with Crippen molar-refractivity contribution in [3.63, 3.8) is 0 Å². The zero-order chi connectivity index (χ0) is 15.1. The number of sulfonamides is 1. The first kappa shape index (κ1) is 15.4. The number of nitrogens with one attached hydrogen (secondary N) is 1. The van der Waals surface area contributed by atoms with Gasteiger partial charge >= 0.3 is 0 Å². The second-order valence-corrected chi connectivity index (χ2v) is 8.95. The van der Waals surface area contributed by atoms with Gasteiger partial charge in [-0.15, -0.1) is 0 Å². The van der Waals surface area contributed by atoms with Gasteiger partial charge in [0, 0.05) is 30.4 Å². The second kappa shape index (κ2) is 5.10. The molecule has 0 saturated carbocycles. The van der Waals surface area contributed by atoms with Gasteiger partial charge < -0.3 is 5.73 Å². The van der Waals surface area contributed by atoms with E-state index >= 15 is 0 Å². The molecular weight excluding hydrogens is 304 g/mol. The molecule has 2 rings (SSSR count). The molecule has 1 atom stereocenters. The van der Waals surface area contributed by atoms with Crippen molar-refractivity contribution in [2.75, 3.05) is 18.1 Å². The van der Waals surface area contributed by atoms with Gasteiger partial charge in [-0.1, -0.05) is 0 Å². The Morgan fingerprint density at radius 2 is 2.15 bits per heavy atom. The number of hydrogen-bond acceptors (Lipinski definition) is 6. The van der Waals surface area contributed by atoms with E-state index < -0.39 is 25.9 Å². The van der Waals surface area contributed by atoms with Gasteiger partial charge in [0.2, 0.25) is 0 Å². The Labute approximate surface area is 118 Å². The number of H-pyrrole nitrogens is 1. The number of nitrogens with zero attached hydrogens (tertiary/aromatic N) is 2. The van der Waals surface area contributed by atoms with Crippen LogP contribution in [0.3, 0.4) is 0 Å². The number of sulfone groups is 1. The van der Waals surface area contributed by atoms with Gasteiger partial charge in [0.25, 0.3) is 10.0 Å². The number of rotatable bonds is 3. The predicted octanol–water partition coefficient (Wildman–Crippen LogP) is -1.02. The average molecular weight is 322 g/mol. The summed E-state index contributed by atoms with van der Waals surface area (Å²) < 4.78 is 49.4. The standard InChI is InChI=1S/C10H18N4O4S2/c1-7-6-19(15,16)4-3-14(7)20(17,18)10-9(5-11)8(2)12-13-10/h7H,3-6,11H2,1-2H3,(H,12,13). The molecular formula is C10H18N4O4S2. The minimum Gasteiger partial charge on any atom is -0.326 e. The molecule has 1 unspecified atom stereocenters. The SMILES string of the molecule is Cc1[nH]nc(S(=O)(=O)N2CCS(=O)(=O)CC2C)c1CN. The van der Waals surface area contributed by atoms with E-state index in [9.17, 15) is 16.8 Å². The fourth-order valence-electron chi connectivity index (χ4n) is 2.34. The maximum atomic E-state index is 12.6. The highest BCUT2D eigenvalue weighted by Crippen LogP contribution is 2.24. The van der Waals surface area contributed by atoms with Crippen LogP contribution in [0.5, 0.6) is 0 Å². The lowest BCUT2D eigenvalue weighted by molar-refractivity contribution is 0.355. The molecule has 0 amide bonds. The predicted molar refractivity (Wildman–Crippen MR) is 73.2 cm³/mol. The zero-order valence-electron chi connectivity index (χ0n) is 11.3. The highest BCUT2D eigenvalue weighted by atomic mass is 32.2. The van der Waals surface area contributed by atoms with Crippen LogP contribution in [0.1, 0.15) is 18.2 Å². The molecule has 114 valence electrons. The average Bonchev–Trinajstić information content (AvgIpc) is 2.69. The van der Waals surface area contributed by atoms with Crippen LogP contribution in [-0.2, 0) is 26.4 Å². The summed E-state index contributed by atoms with van der Waals surface area (Å²) in [4.78, 5) is 0. The van der Waals surface area contributed by atoms with Crippen LogP contribution in [0.15, 0.2) is 5.03 Å². The second-order valence-electron chi connectivity index (χ2n) is 4.92. The number of aromatic amines is 1. The minimum absolute atomic E-state index is 0.0530. The molecule has 0 bridgehead atoms. The summed E-state index contributed by atoms with van der Waals surface area (Å²) in [5.74, 6) is -0.342. The van der Waals surface area contributed by atoms with Crippen molar-refractivity contribution >= 4 is 19.9 Å². The first-order valence-corrected chi connectivity index (χ1v) is 9.41. The summed E-state index contributed by atoms with van der Waals surface area (Å²) in [5, 5.41) is 6.32. The normalized spacial score (nSPS) is 23.9. The van der Waals surface area contributed by atoms with Crippen LogP contribution in [0, 0.1) is 6.92 Å². The van der Waals surface area contributed by atoms with E-state index in [0.29, 0.717) is 11.3 Å². The molecule has 20 heavy (non-hydrogen) atoms. The van der Waals surface area contributed by atoms with Gasteiger partial charge in [-0.05, 0) is 13.8 Å². The van der Waals surface area contributed by atoms with E-state index in [1.54, 1.807) is 13.8 Å². The maximum Gasteiger partial charge on any atom is 0.263 e. The topological polar surface area (TPSA) is 126 Å². The molecule has 8 nitrogen and oxygen atoms in total. The van der Waals surface area contributed by atoms with Crippen molar-refractivity contribution in [1.82, 2.24) is 14.5 Å². The van der Waals surface area contributed by atoms with E-state index in [1.165, 1.54) is 4.31 Å². The Balaban J connectivity index is 2.41. The van der Waals surface area contributed by atoms with Gasteiger partial charge in [-0.3, -0.25) is 5.10 Å². The van der Waals surface area contributed by atoms with Gasteiger partial charge in [-0.25, -0.2) is 16.8 Å². The number of aromatic nitrogens is 2. The first-order chi connectivity index (χ1) is 9.19. The third kappa shape index (κ3) is 2.60. The molecule has 0 aliphatic carbocycles. The van der Waals surface area contributed by atoms with E-state index in [4.69, 9.17) is 5.73 Å². The lowest BCUT2D eigenvalue weighted by Crippen LogP contribution is -2.49. The smallest absolute Gasteiger partial charge is 0.263 e. The molecule has 0 radical (unpaired) electrons. The van der Waals surface area contributed by atoms with Crippen molar-refractivity contribution in [2.24, 2.45) is 5.73 Å². The van der Waals surface area contributed by atoms with E-state index in [-0.39, 0.29) is 29.6 Å². The lowest BCUT2D eigenvalue weighted by Gasteiger charge is -2.31. The molecule has 1 aliphatic heterocycles. The Bertz CT molecular complexity index is 708. The monoisotopic (exact) mass is 322 g/mol. The third-order valence-electron chi connectivity index (χ3n) is 3.40. The molecule has 1 aliphatic rings. The summed E-state index contributed by atoms with van der Waals surface area (Å²) in [6, 6.07) is -0.610. The maximum absolute atomic E-state index is 12.6. The number of hydrogen-bond donors (Lipinski definition) is 2. The number of aryl methyl sites for hydroxylation is 1. The zero-order valence-corrected chi connectivity index (χ0v) is 13.0. The molecule has 3 N–H and O–H groups in total. The van der Waals surface area contributed by atoms with Crippen molar-refractivity contribution in [3.8, 4) is 0 Å². The highest BCUT2D eigenvalue weighted by Gasteiger charge is 2.38. The summed E-state index contributed by atoms with van der Waals surface area (Å²) in [7, 11) is -7.01. The summed E-state index contributed by atoms with van der Waals surface area (Å²) in [5.41, 5.74) is 6.60. The molecule has 0 spiro atoms. The van der Waals surface area contributed by atoms with E-state index in [0.717, 1.165) is 0 Å². The largest absolute Gasteiger partial charge is 0.326 e. The van der Waals surface area contributed by atoms with Crippen molar-refractivity contribution in [3.05, 3.63) is 11.3 Å². The fourth-order valence-corrected chi connectivity index (χ4v) is 5.91. The minimum atomic E-state index is -3.84. The van der Waals surface area contributed by atoms with Gasteiger partial charge in [0.15, 0.2) is 14.9 Å². The van der Waals surface area contributed by atoms with Crippen LogP contribution < -0.4 is 5.73 Å². The lowest BCUT2D eigenvalue weighted by atomic mass is 10.3. The van der Waals surface area contributed by atoms with Crippen molar-refractivity contribution < 1.29 is 16.8 Å². The Kier molecular flexibility index (Phi) is 3.93. The van der Waals surface area contributed by atoms with Crippen LogP contribution in [-0.4, -0.2) is 55.4 Å². The molecule has 1 saturated heterocycles. The first-order valence-electron chi connectivity index (χ1n) is 6.15. The van der Waals surface area contributed by atoms with Gasteiger partial charge in [0.1, 0.15) is 0 Å². The van der Waals surface area contributed by atoms with Crippen LogP contribution in [0.2, 0.25) is 0 Å². The van der Waals surface area contributed by atoms with Crippen LogP contribution in [0.4, 0.5) is 0 Å². The van der Waals surface area contributed by atoms with Gasteiger partial charge in [0.05, 0.1) is 11.5 Å². The Hall–Kier alpha value is -0.970. The van der Waals surface area contributed by atoms with Crippen molar-refractivity contribution in [2.45, 2.75) is 31.5 Å². The van der Waals surface area contributed by atoms with Crippen molar-refractivity contribution in [1.29, 1.82) is 0 Å². The molecule has 10 heteroatoms. The van der Waals surface area contributed by atoms with E-state index in [2.05, 4.69) is 10.2 Å². The summed E-state index contributed by atoms with van der Waals surface area (Å²) in [6.45, 7) is 3.27. The molecule has 1 fully saturated rings. The third-order valence-corrected chi connectivity index (χ3v) is 7.18. The highest BCUT2D eigenvalue weighted by molar-refractivity contribution is 7.92. The molecule has 0 aromatic carbocycles. The summed E-state index contributed by atoms with van der Waals surface area (Å²) in [6.07, 6.45) is 0. The Morgan fingerprint density at radius 3 is 2.70 bits per heavy atom. The van der Waals surface area contributed by atoms with E-state index in [1.807, 2.05) is 0 Å². The van der Waals surface area contributed by atoms with Crippen LogP contribution >= 0.6 is 0 Å².